The molecule has 3 rings (SSSR count). The molecule has 0 radical (unpaired) electrons. The van der Waals surface area contributed by atoms with Crippen LogP contribution in [0, 0.1) is 0 Å². The third kappa shape index (κ3) is 3.03. The molecule has 94 valence electrons. The van der Waals surface area contributed by atoms with Gasteiger partial charge in [-0.05, 0) is 39.2 Å². The van der Waals surface area contributed by atoms with Crippen molar-refractivity contribution in [1.29, 1.82) is 0 Å². The van der Waals surface area contributed by atoms with E-state index in [0.717, 1.165) is 15.4 Å². The second-order valence-electron chi connectivity index (χ2n) is 4.04. The van der Waals surface area contributed by atoms with Gasteiger partial charge in [0.25, 0.3) is 0 Å². The van der Waals surface area contributed by atoms with E-state index in [2.05, 4.69) is 74.8 Å². The summed E-state index contributed by atoms with van der Waals surface area (Å²) in [5.74, 6) is 0. The van der Waals surface area contributed by atoms with Gasteiger partial charge >= 0.3 is 0 Å². The maximum Gasteiger partial charge on any atom is 0.188 e. The summed E-state index contributed by atoms with van der Waals surface area (Å²) < 4.78 is 0.862. The maximum atomic E-state index is 4.31. The summed E-state index contributed by atoms with van der Waals surface area (Å²) in [5.41, 5.74) is 3.49. The van der Waals surface area contributed by atoms with Crippen LogP contribution in [-0.4, -0.2) is 4.98 Å². The topological polar surface area (TPSA) is 24.9 Å². The smallest absolute Gasteiger partial charge is 0.188 e. The largest absolute Gasteiger partial charge is 0.332 e. The van der Waals surface area contributed by atoms with Gasteiger partial charge in [0.05, 0.1) is 0 Å². The summed E-state index contributed by atoms with van der Waals surface area (Å²) in [6.45, 7) is 0. The Labute approximate surface area is 124 Å². The molecule has 0 saturated carbocycles. The number of nitrogens with one attached hydrogen (secondary N) is 1. The second-order valence-corrected chi connectivity index (χ2v) is 5.71. The van der Waals surface area contributed by atoms with Crippen LogP contribution in [0.25, 0.3) is 11.1 Å². The SMILES string of the molecule is Brc1csc(Nc2ccc(-c3ccccc3)cc2)n1. The number of hydrogen-bond acceptors (Lipinski definition) is 3. The van der Waals surface area contributed by atoms with Gasteiger partial charge in [0.2, 0.25) is 0 Å². The highest BCUT2D eigenvalue weighted by atomic mass is 79.9. The first-order valence-corrected chi connectivity index (χ1v) is 7.52. The first kappa shape index (κ1) is 12.4. The minimum atomic E-state index is 0.862. The molecule has 0 spiro atoms. The fourth-order valence-corrected chi connectivity index (χ4v) is 2.98. The summed E-state index contributed by atoms with van der Waals surface area (Å²) >= 11 is 4.92. The van der Waals surface area contributed by atoms with Crippen molar-refractivity contribution in [1.82, 2.24) is 4.98 Å². The monoisotopic (exact) mass is 330 g/mol. The van der Waals surface area contributed by atoms with Crippen LogP contribution in [0.3, 0.4) is 0 Å². The van der Waals surface area contributed by atoms with Gasteiger partial charge in [-0.15, -0.1) is 11.3 Å². The molecule has 0 aliphatic carbocycles. The molecule has 0 amide bonds. The van der Waals surface area contributed by atoms with Crippen molar-refractivity contribution in [2.45, 2.75) is 0 Å². The van der Waals surface area contributed by atoms with E-state index < -0.39 is 0 Å². The minimum Gasteiger partial charge on any atom is -0.332 e. The summed E-state index contributed by atoms with van der Waals surface area (Å²) in [6.07, 6.45) is 0. The van der Waals surface area contributed by atoms with Crippen LogP contribution < -0.4 is 5.32 Å². The number of aromatic nitrogens is 1. The summed E-state index contributed by atoms with van der Waals surface area (Å²) in [7, 11) is 0. The quantitative estimate of drug-likeness (QED) is 0.703. The molecule has 1 N–H and O–H groups in total. The Morgan fingerprint density at radius 1 is 0.895 bits per heavy atom. The van der Waals surface area contributed by atoms with E-state index in [1.54, 1.807) is 11.3 Å². The Kier molecular flexibility index (Phi) is 3.62. The zero-order valence-electron chi connectivity index (χ0n) is 10.0. The molecule has 3 aromatic rings. The van der Waals surface area contributed by atoms with Crippen LogP contribution in [-0.2, 0) is 0 Å². The van der Waals surface area contributed by atoms with Gasteiger partial charge in [0.15, 0.2) is 5.13 Å². The number of anilines is 2. The molecular formula is C15H11BrN2S. The van der Waals surface area contributed by atoms with Crippen molar-refractivity contribution >= 4 is 38.1 Å². The lowest BCUT2D eigenvalue weighted by atomic mass is 10.1. The lowest BCUT2D eigenvalue weighted by Crippen LogP contribution is -1.88. The number of thiazole rings is 1. The molecule has 0 bridgehead atoms. The predicted octanol–water partition coefficient (Wildman–Crippen LogP) is 5.32. The van der Waals surface area contributed by atoms with E-state index in [-0.39, 0.29) is 0 Å². The first-order chi connectivity index (χ1) is 9.31. The van der Waals surface area contributed by atoms with E-state index in [1.165, 1.54) is 11.1 Å². The van der Waals surface area contributed by atoms with Gasteiger partial charge in [0.1, 0.15) is 4.60 Å². The van der Waals surface area contributed by atoms with Gasteiger partial charge < -0.3 is 5.32 Å². The Balaban J connectivity index is 1.79. The first-order valence-electron chi connectivity index (χ1n) is 5.85. The fourth-order valence-electron chi connectivity index (χ4n) is 1.81. The average Bonchev–Trinajstić information content (AvgIpc) is 2.86. The number of rotatable bonds is 3. The predicted molar refractivity (Wildman–Crippen MR) is 85.0 cm³/mol. The summed E-state index contributed by atoms with van der Waals surface area (Å²) in [6, 6.07) is 18.7. The summed E-state index contributed by atoms with van der Waals surface area (Å²) in [5, 5.41) is 6.13. The third-order valence-corrected chi connectivity index (χ3v) is 4.19. The Hall–Kier alpha value is -1.65. The molecule has 1 aromatic heterocycles. The Morgan fingerprint density at radius 2 is 1.58 bits per heavy atom. The van der Waals surface area contributed by atoms with E-state index in [0.29, 0.717) is 0 Å². The molecule has 0 unspecified atom stereocenters. The fraction of sp³-hybridized carbons (Fsp3) is 0. The highest BCUT2D eigenvalue weighted by Gasteiger charge is 2.01. The van der Waals surface area contributed by atoms with Gasteiger partial charge in [0, 0.05) is 11.1 Å². The van der Waals surface area contributed by atoms with Crippen LogP contribution in [0.15, 0.2) is 64.6 Å². The van der Waals surface area contributed by atoms with E-state index in [4.69, 9.17) is 0 Å². The highest BCUT2D eigenvalue weighted by molar-refractivity contribution is 9.10. The van der Waals surface area contributed by atoms with Crippen LogP contribution in [0.4, 0.5) is 10.8 Å². The van der Waals surface area contributed by atoms with E-state index in [1.807, 2.05) is 11.4 Å². The molecule has 0 saturated heterocycles. The van der Waals surface area contributed by atoms with Crippen molar-refractivity contribution < 1.29 is 0 Å². The van der Waals surface area contributed by atoms with Crippen LogP contribution >= 0.6 is 27.3 Å². The number of halogens is 1. The van der Waals surface area contributed by atoms with Crippen molar-refractivity contribution in [3.63, 3.8) is 0 Å². The van der Waals surface area contributed by atoms with Crippen molar-refractivity contribution in [3.05, 3.63) is 64.6 Å². The van der Waals surface area contributed by atoms with Crippen molar-refractivity contribution in [3.8, 4) is 11.1 Å². The molecule has 2 aromatic carbocycles. The van der Waals surface area contributed by atoms with E-state index >= 15 is 0 Å². The van der Waals surface area contributed by atoms with Crippen LogP contribution in [0.2, 0.25) is 0 Å². The zero-order valence-corrected chi connectivity index (χ0v) is 12.4. The lowest BCUT2D eigenvalue weighted by Gasteiger charge is -2.05. The molecule has 19 heavy (non-hydrogen) atoms. The zero-order chi connectivity index (χ0) is 13.1. The Morgan fingerprint density at radius 3 is 2.21 bits per heavy atom. The molecule has 0 aliphatic heterocycles. The van der Waals surface area contributed by atoms with Gasteiger partial charge in [-0.2, -0.15) is 0 Å². The molecule has 0 atom stereocenters. The maximum absolute atomic E-state index is 4.31. The lowest BCUT2D eigenvalue weighted by molar-refractivity contribution is 1.35. The normalized spacial score (nSPS) is 10.4. The number of hydrogen-bond donors (Lipinski definition) is 1. The summed E-state index contributed by atoms with van der Waals surface area (Å²) in [4.78, 5) is 4.31. The highest BCUT2D eigenvalue weighted by Crippen LogP contribution is 2.25. The Bertz CT molecular complexity index is 662. The van der Waals surface area contributed by atoms with Crippen LogP contribution in [0.5, 0.6) is 0 Å². The van der Waals surface area contributed by atoms with Gasteiger partial charge in [-0.25, -0.2) is 4.98 Å². The van der Waals surface area contributed by atoms with Crippen molar-refractivity contribution in [2.24, 2.45) is 0 Å². The molecule has 0 fully saturated rings. The van der Waals surface area contributed by atoms with Crippen molar-refractivity contribution in [2.75, 3.05) is 5.32 Å². The molecular weight excluding hydrogens is 320 g/mol. The third-order valence-electron chi connectivity index (χ3n) is 2.72. The number of nitrogens with zero attached hydrogens (tertiary/aromatic N) is 1. The standard InChI is InChI=1S/C15H11BrN2S/c16-14-10-19-15(18-14)17-13-8-6-12(7-9-13)11-4-2-1-3-5-11/h1-10H,(H,17,18). The van der Waals surface area contributed by atoms with Gasteiger partial charge in [-0.3, -0.25) is 0 Å². The van der Waals surface area contributed by atoms with Crippen LogP contribution in [0.1, 0.15) is 0 Å². The molecule has 1 heterocycles. The average molecular weight is 331 g/mol. The second kappa shape index (κ2) is 5.55. The number of benzene rings is 2. The molecule has 2 nitrogen and oxygen atoms in total. The molecule has 4 heteroatoms. The van der Waals surface area contributed by atoms with E-state index in [9.17, 15) is 0 Å². The molecule has 0 aliphatic rings. The van der Waals surface area contributed by atoms with Gasteiger partial charge in [-0.1, -0.05) is 42.5 Å². The minimum absolute atomic E-state index is 0.862.